The fourth-order valence-corrected chi connectivity index (χ4v) is 4.01. The summed E-state index contributed by atoms with van der Waals surface area (Å²) in [7, 11) is 0. The number of ether oxygens (including phenoxy) is 1. The Labute approximate surface area is 199 Å². The SMILES string of the molecule is CC(C)C1C(=O)C=Nc2cnc(Nc3ccc(N4CCN(C(=O)OC(C)(C)C)CC4)cn3)nc21. The van der Waals surface area contributed by atoms with Crippen molar-refractivity contribution in [3.8, 4) is 0 Å². The highest BCUT2D eigenvalue weighted by atomic mass is 16.6. The molecule has 1 unspecified atom stereocenters. The van der Waals surface area contributed by atoms with Gasteiger partial charge < -0.3 is 19.9 Å². The number of aromatic nitrogens is 3. The molecule has 1 amide bonds. The van der Waals surface area contributed by atoms with Crippen LogP contribution in [0.25, 0.3) is 0 Å². The van der Waals surface area contributed by atoms with Crippen molar-refractivity contribution in [3.63, 3.8) is 0 Å². The van der Waals surface area contributed by atoms with Crippen LogP contribution in [-0.2, 0) is 9.53 Å². The van der Waals surface area contributed by atoms with E-state index in [-0.39, 0.29) is 23.7 Å². The molecule has 0 aliphatic carbocycles. The number of ketones is 1. The van der Waals surface area contributed by atoms with Crippen LogP contribution in [0, 0.1) is 5.92 Å². The van der Waals surface area contributed by atoms with Crippen LogP contribution in [0.4, 0.5) is 27.9 Å². The zero-order valence-electron chi connectivity index (χ0n) is 20.3. The predicted molar refractivity (Wildman–Crippen MR) is 130 cm³/mol. The average molecular weight is 466 g/mol. The molecule has 34 heavy (non-hydrogen) atoms. The number of carbonyl (C=O) groups is 2. The highest BCUT2D eigenvalue weighted by molar-refractivity contribution is 6.31. The van der Waals surface area contributed by atoms with Gasteiger partial charge >= 0.3 is 6.09 Å². The standard InChI is InChI=1S/C24H31N7O3/c1-15(2)20-18(32)14-25-17-13-27-22(29-21(17)20)28-19-7-6-16(12-26-19)30-8-10-31(11-9-30)23(33)34-24(3,4)5/h6-7,12-15,20H,8-11H2,1-5H3,(H,26,27,28,29). The van der Waals surface area contributed by atoms with Crippen LogP contribution in [-0.4, -0.2) is 69.7 Å². The Bertz CT molecular complexity index is 1080. The number of amides is 1. The second kappa shape index (κ2) is 9.36. The van der Waals surface area contributed by atoms with Crippen molar-refractivity contribution in [2.24, 2.45) is 10.9 Å². The molecular formula is C24H31N7O3. The summed E-state index contributed by atoms with van der Waals surface area (Å²) in [5.41, 5.74) is 1.74. The molecule has 2 aromatic rings. The number of carbonyl (C=O) groups excluding carboxylic acids is 2. The first kappa shape index (κ1) is 23.6. The summed E-state index contributed by atoms with van der Waals surface area (Å²) >= 11 is 0. The summed E-state index contributed by atoms with van der Waals surface area (Å²) < 4.78 is 5.46. The molecule has 1 atom stereocenters. The Morgan fingerprint density at radius 3 is 2.47 bits per heavy atom. The predicted octanol–water partition coefficient (Wildman–Crippen LogP) is 3.70. The molecule has 2 aliphatic rings. The Morgan fingerprint density at radius 1 is 1.12 bits per heavy atom. The molecule has 0 saturated carbocycles. The summed E-state index contributed by atoms with van der Waals surface area (Å²) in [6.07, 6.45) is 4.50. The van der Waals surface area contributed by atoms with Crippen molar-refractivity contribution >= 4 is 41.2 Å². The molecule has 2 aromatic heterocycles. The van der Waals surface area contributed by atoms with Crippen molar-refractivity contribution in [1.29, 1.82) is 0 Å². The minimum absolute atomic E-state index is 0.0404. The van der Waals surface area contributed by atoms with Crippen LogP contribution in [0.15, 0.2) is 29.5 Å². The lowest BCUT2D eigenvalue weighted by molar-refractivity contribution is -0.114. The lowest BCUT2D eigenvalue weighted by atomic mass is 9.86. The number of anilines is 3. The Hall–Kier alpha value is -3.56. The number of hydrogen-bond acceptors (Lipinski definition) is 9. The maximum Gasteiger partial charge on any atom is 0.410 e. The van der Waals surface area contributed by atoms with E-state index in [1.54, 1.807) is 17.3 Å². The van der Waals surface area contributed by atoms with Crippen molar-refractivity contribution < 1.29 is 14.3 Å². The van der Waals surface area contributed by atoms with Crippen LogP contribution < -0.4 is 10.2 Å². The number of fused-ring (bicyclic) bond motifs is 1. The first-order chi connectivity index (χ1) is 16.1. The minimum atomic E-state index is -0.499. The molecule has 180 valence electrons. The third-order valence-corrected chi connectivity index (χ3v) is 5.68. The fourth-order valence-electron chi connectivity index (χ4n) is 4.01. The number of nitrogens with one attached hydrogen (secondary N) is 1. The van der Waals surface area contributed by atoms with E-state index in [9.17, 15) is 9.59 Å². The molecule has 1 saturated heterocycles. The van der Waals surface area contributed by atoms with Gasteiger partial charge in [0.1, 0.15) is 17.1 Å². The molecule has 2 aliphatic heterocycles. The summed E-state index contributed by atoms with van der Waals surface area (Å²) in [6, 6.07) is 3.84. The minimum Gasteiger partial charge on any atom is -0.444 e. The van der Waals surface area contributed by atoms with Crippen LogP contribution in [0.5, 0.6) is 0 Å². The highest BCUT2D eigenvalue weighted by Crippen LogP contribution is 2.34. The molecule has 0 bridgehead atoms. The van der Waals surface area contributed by atoms with Gasteiger partial charge in [-0.15, -0.1) is 0 Å². The summed E-state index contributed by atoms with van der Waals surface area (Å²) in [6.45, 7) is 12.2. The molecule has 0 spiro atoms. The quantitative estimate of drug-likeness (QED) is 0.727. The molecule has 1 fully saturated rings. The molecule has 4 rings (SSSR count). The first-order valence-corrected chi connectivity index (χ1v) is 11.5. The van der Waals surface area contributed by atoms with Gasteiger partial charge in [-0.2, -0.15) is 0 Å². The van der Waals surface area contributed by atoms with Crippen molar-refractivity contribution in [3.05, 3.63) is 30.2 Å². The topological polar surface area (TPSA) is 113 Å². The maximum absolute atomic E-state index is 12.3. The normalized spacial score (nSPS) is 18.2. The fraction of sp³-hybridized carbons (Fsp3) is 0.500. The van der Waals surface area contributed by atoms with Crippen molar-refractivity contribution in [2.75, 3.05) is 36.4 Å². The summed E-state index contributed by atoms with van der Waals surface area (Å²) in [5, 5.41) is 3.12. The molecule has 10 heteroatoms. The number of pyridine rings is 1. The molecule has 10 nitrogen and oxygen atoms in total. The van der Waals surface area contributed by atoms with Crippen molar-refractivity contribution in [2.45, 2.75) is 46.1 Å². The van der Waals surface area contributed by atoms with E-state index in [2.05, 4.69) is 30.2 Å². The smallest absolute Gasteiger partial charge is 0.410 e. The number of Topliss-reactive ketones (excluding diaryl/α,β-unsaturated/α-hetero) is 1. The van der Waals surface area contributed by atoms with Gasteiger partial charge in [0.2, 0.25) is 5.95 Å². The summed E-state index contributed by atoms with van der Waals surface area (Å²) in [4.78, 5) is 46.0. The van der Waals surface area contributed by atoms with Gasteiger partial charge in [0.05, 0.1) is 35.9 Å². The number of nitrogens with zero attached hydrogens (tertiary/aromatic N) is 6. The zero-order valence-corrected chi connectivity index (χ0v) is 20.3. The number of rotatable bonds is 4. The lowest BCUT2D eigenvalue weighted by Gasteiger charge is -2.36. The van der Waals surface area contributed by atoms with Gasteiger partial charge in [-0.25, -0.2) is 24.7 Å². The van der Waals surface area contributed by atoms with Gasteiger partial charge in [0.15, 0.2) is 5.78 Å². The van der Waals surface area contributed by atoms with E-state index in [1.165, 1.54) is 6.21 Å². The first-order valence-electron chi connectivity index (χ1n) is 11.5. The van der Waals surface area contributed by atoms with E-state index in [0.717, 1.165) is 5.69 Å². The van der Waals surface area contributed by atoms with E-state index in [4.69, 9.17) is 4.74 Å². The van der Waals surface area contributed by atoms with Crippen molar-refractivity contribution in [1.82, 2.24) is 19.9 Å². The lowest BCUT2D eigenvalue weighted by Crippen LogP contribution is -2.50. The Morgan fingerprint density at radius 2 is 1.85 bits per heavy atom. The van der Waals surface area contributed by atoms with Gasteiger partial charge in [0.25, 0.3) is 0 Å². The third kappa shape index (κ3) is 5.32. The monoisotopic (exact) mass is 465 g/mol. The van der Waals surface area contributed by atoms with Crippen LogP contribution >= 0.6 is 0 Å². The molecule has 0 aromatic carbocycles. The highest BCUT2D eigenvalue weighted by Gasteiger charge is 2.30. The van der Waals surface area contributed by atoms with Gasteiger partial charge in [-0.3, -0.25) is 4.79 Å². The maximum atomic E-state index is 12.3. The van der Waals surface area contributed by atoms with E-state index < -0.39 is 5.60 Å². The molecule has 1 N–H and O–H groups in total. The average Bonchev–Trinajstić information content (AvgIpc) is 2.78. The van der Waals surface area contributed by atoms with E-state index >= 15 is 0 Å². The largest absolute Gasteiger partial charge is 0.444 e. The van der Waals surface area contributed by atoms with Crippen LogP contribution in [0.1, 0.15) is 46.2 Å². The molecular weight excluding hydrogens is 434 g/mol. The number of hydrogen-bond donors (Lipinski definition) is 1. The van der Waals surface area contributed by atoms with Gasteiger partial charge in [0, 0.05) is 26.2 Å². The van der Waals surface area contributed by atoms with Gasteiger partial charge in [-0.1, -0.05) is 13.8 Å². The van der Waals surface area contributed by atoms with Crippen LogP contribution in [0.2, 0.25) is 0 Å². The zero-order chi connectivity index (χ0) is 24.5. The van der Waals surface area contributed by atoms with Gasteiger partial charge in [-0.05, 0) is 38.8 Å². The third-order valence-electron chi connectivity index (χ3n) is 5.68. The van der Waals surface area contributed by atoms with E-state index in [1.807, 2.05) is 46.8 Å². The Kier molecular flexibility index (Phi) is 6.49. The number of piperazine rings is 1. The molecule has 4 heterocycles. The summed E-state index contributed by atoms with van der Waals surface area (Å²) in [5.74, 6) is 0.712. The number of aliphatic imine (C=N–C) groups is 1. The second-order valence-corrected chi connectivity index (χ2v) is 9.83. The van der Waals surface area contributed by atoms with E-state index in [0.29, 0.717) is 49.3 Å². The molecule has 0 radical (unpaired) electrons. The second-order valence-electron chi connectivity index (χ2n) is 9.83. The van der Waals surface area contributed by atoms with Crippen LogP contribution in [0.3, 0.4) is 0 Å². The Balaban J connectivity index is 1.38.